The first-order valence-corrected chi connectivity index (χ1v) is 21.1. The maximum Gasteiger partial charge on any atom is 0.235 e. The molecule has 0 aliphatic carbocycles. The van der Waals surface area contributed by atoms with Crippen LogP contribution in [0, 0.1) is 0 Å². The number of hydrogen-bond donors (Lipinski definition) is 0. The van der Waals surface area contributed by atoms with Gasteiger partial charge in [-0.1, -0.05) is 140 Å². The quantitative estimate of drug-likeness (QED) is 0.179. The Hall–Kier alpha value is -7.80. The summed E-state index contributed by atoms with van der Waals surface area (Å²) in [7, 11) is 0. The van der Waals surface area contributed by atoms with Crippen molar-refractivity contribution in [2.75, 3.05) is 0 Å². The topological polar surface area (TPSA) is 48.8 Å². The molecule has 0 aliphatic rings. The Balaban J connectivity index is 1.23. The molecule has 0 atom stereocenters. The standard InChI is InChI=1S/C54H30N4OS/c1-2-15-33(16-3-1)57-41-29-25-31-13-4-6-17-34(31)46(41)39-27-28-40-47-35-18-7-5-14-32(35)26-30-42(47)58(52(40)51(39)57)54-55-49-37-20-9-11-24-45(37)60-53(49)50(56-54)38-21-12-23-44-48(38)36-19-8-10-22-43(36)59-44/h1-30H. The summed E-state index contributed by atoms with van der Waals surface area (Å²) in [6.07, 6.45) is 0. The van der Waals surface area contributed by atoms with Gasteiger partial charge in [-0.2, -0.15) is 0 Å². The molecule has 0 fully saturated rings. The minimum atomic E-state index is 0.628. The van der Waals surface area contributed by atoms with E-state index in [2.05, 4.69) is 179 Å². The summed E-state index contributed by atoms with van der Waals surface area (Å²) in [6, 6.07) is 65.2. The minimum absolute atomic E-state index is 0.628. The summed E-state index contributed by atoms with van der Waals surface area (Å²) in [4.78, 5) is 11.4. The molecule has 0 unspecified atom stereocenters. The molecule has 14 aromatic rings. The van der Waals surface area contributed by atoms with Gasteiger partial charge in [-0.15, -0.1) is 11.3 Å². The number of hydrogen-bond acceptors (Lipinski definition) is 4. The molecule has 0 amide bonds. The third-order valence-corrected chi connectivity index (χ3v) is 13.7. The Morgan fingerprint density at radius 3 is 1.77 bits per heavy atom. The Bertz CT molecular complexity index is 4130. The van der Waals surface area contributed by atoms with Crippen LogP contribution in [-0.2, 0) is 0 Å². The average Bonchev–Trinajstić information content (AvgIpc) is 4.06. The largest absolute Gasteiger partial charge is 0.456 e. The summed E-state index contributed by atoms with van der Waals surface area (Å²) >= 11 is 1.75. The first-order valence-electron chi connectivity index (χ1n) is 20.2. The molecule has 14 rings (SSSR count). The molecule has 278 valence electrons. The average molecular weight is 783 g/mol. The number of para-hydroxylation sites is 2. The van der Waals surface area contributed by atoms with Crippen molar-refractivity contribution in [2.45, 2.75) is 0 Å². The van der Waals surface area contributed by atoms with Gasteiger partial charge in [0.2, 0.25) is 5.95 Å². The van der Waals surface area contributed by atoms with Crippen molar-refractivity contribution < 1.29 is 4.42 Å². The molecule has 0 N–H and O–H groups in total. The number of aromatic nitrogens is 4. The number of rotatable bonds is 3. The SMILES string of the molecule is c1ccc(-n2c3ccc4ccccc4c3c3ccc4c5c6ccccc6ccc5n(-c5nc(-c6cccc7oc8ccccc8c67)c6sc7ccccc7c6n5)c4c32)cc1. The number of nitrogens with zero attached hydrogens (tertiary/aromatic N) is 4. The Kier molecular flexibility index (Phi) is 6.38. The fourth-order valence-corrected chi connectivity index (χ4v) is 11.2. The summed E-state index contributed by atoms with van der Waals surface area (Å²) in [6.45, 7) is 0. The van der Waals surface area contributed by atoms with E-state index in [0.29, 0.717) is 5.95 Å². The van der Waals surface area contributed by atoms with Crippen molar-refractivity contribution in [1.29, 1.82) is 0 Å². The number of benzene rings is 9. The van der Waals surface area contributed by atoms with Gasteiger partial charge in [0.1, 0.15) is 11.2 Å². The second kappa shape index (κ2) is 11.9. The smallest absolute Gasteiger partial charge is 0.235 e. The Morgan fingerprint density at radius 1 is 0.417 bits per heavy atom. The van der Waals surface area contributed by atoms with Crippen LogP contribution in [0.15, 0.2) is 186 Å². The van der Waals surface area contributed by atoms with Crippen LogP contribution in [0.25, 0.3) is 130 Å². The van der Waals surface area contributed by atoms with Crippen molar-refractivity contribution in [3.8, 4) is 22.9 Å². The van der Waals surface area contributed by atoms with Gasteiger partial charge in [0.15, 0.2) is 0 Å². The van der Waals surface area contributed by atoms with Crippen molar-refractivity contribution >= 4 is 119 Å². The molecular formula is C54H30N4OS. The van der Waals surface area contributed by atoms with E-state index >= 15 is 0 Å². The maximum absolute atomic E-state index is 6.46. The van der Waals surface area contributed by atoms with E-state index in [1.807, 2.05) is 12.1 Å². The van der Waals surface area contributed by atoms with Crippen LogP contribution in [0.5, 0.6) is 0 Å². The zero-order valence-electron chi connectivity index (χ0n) is 31.9. The predicted molar refractivity (Wildman–Crippen MR) is 251 cm³/mol. The van der Waals surface area contributed by atoms with Crippen LogP contribution in [0.1, 0.15) is 0 Å². The third kappa shape index (κ3) is 4.24. The molecule has 5 nitrogen and oxygen atoms in total. The van der Waals surface area contributed by atoms with Crippen LogP contribution in [-0.4, -0.2) is 19.1 Å². The molecule has 0 saturated carbocycles. The van der Waals surface area contributed by atoms with Gasteiger partial charge in [-0.05, 0) is 64.0 Å². The molecule has 9 aromatic carbocycles. The number of furan rings is 1. The van der Waals surface area contributed by atoms with Crippen molar-refractivity contribution in [3.05, 3.63) is 182 Å². The van der Waals surface area contributed by atoms with E-state index in [9.17, 15) is 0 Å². The van der Waals surface area contributed by atoms with Crippen molar-refractivity contribution in [2.24, 2.45) is 0 Å². The fraction of sp³-hybridized carbons (Fsp3) is 0. The summed E-state index contributed by atoms with van der Waals surface area (Å²) in [5.41, 5.74) is 10.1. The van der Waals surface area contributed by atoms with Gasteiger partial charge >= 0.3 is 0 Å². The summed E-state index contributed by atoms with van der Waals surface area (Å²) in [5, 5.41) is 12.8. The van der Waals surface area contributed by atoms with Crippen molar-refractivity contribution in [3.63, 3.8) is 0 Å². The lowest BCUT2D eigenvalue weighted by molar-refractivity contribution is 0.669. The van der Waals surface area contributed by atoms with Gasteiger partial charge < -0.3 is 8.98 Å². The highest BCUT2D eigenvalue weighted by Crippen LogP contribution is 2.47. The zero-order chi connectivity index (χ0) is 39.1. The lowest BCUT2D eigenvalue weighted by Gasteiger charge is -2.13. The van der Waals surface area contributed by atoms with Crippen LogP contribution in [0.3, 0.4) is 0 Å². The molecule has 0 spiro atoms. The molecule has 60 heavy (non-hydrogen) atoms. The molecule has 6 heteroatoms. The van der Waals surface area contributed by atoms with Crippen LogP contribution in [0.2, 0.25) is 0 Å². The first kappa shape index (κ1) is 32.2. The lowest BCUT2D eigenvalue weighted by atomic mass is 10.0. The minimum Gasteiger partial charge on any atom is -0.456 e. The summed E-state index contributed by atoms with van der Waals surface area (Å²) in [5.74, 6) is 0.628. The third-order valence-electron chi connectivity index (χ3n) is 12.5. The van der Waals surface area contributed by atoms with Gasteiger partial charge in [-0.25, -0.2) is 9.97 Å². The molecule has 0 saturated heterocycles. The fourth-order valence-electron chi connectivity index (χ4n) is 10.0. The van der Waals surface area contributed by atoms with E-state index in [4.69, 9.17) is 14.4 Å². The van der Waals surface area contributed by atoms with E-state index in [-0.39, 0.29) is 0 Å². The molecule has 5 aromatic heterocycles. The van der Waals surface area contributed by atoms with E-state index in [1.54, 1.807) is 11.3 Å². The van der Waals surface area contributed by atoms with Gasteiger partial charge in [-0.3, -0.25) is 4.57 Å². The van der Waals surface area contributed by atoms with Crippen LogP contribution in [0.4, 0.5) is 0 Å². The molecule has 0 bridgehead atoms. The highest BCUT2D eigenvalue weighted by molar-refractivity contribution is 7.26. The number of thiophene rings is 1. The van der Waals surface area contributed by atoms with E-state index < -0.39 is 0 Å². The maximum atomic E-state index is 6.46. The molecule has 0 aliphatic heterocycles. The monoisotopic (exact) mass is 782 g/mol. The zero-order valence-corrected chi connectivity index (χ0v) is 32.7. The van der Waals surface area contributed by atoms with Gasteiger partial charge in [0.05, 0.1) is 38.0 Å². The molecule has 0 radical (unpaired) electrons. The van der Waals surface area contributed by atoms with E-state index in [1.165, 1.54) is 42.4 Å². The molecular weight excluding hydrogens is 753 g/mol. The second-order valence-electron chi connectivity index (χ2n) is 15.7. The highest BCUT2D eigenvalue weighted by atomic mass is 32.1. The Labute approximate surface area is 345 Å². The molecule has 5 heterocycles. The first-order chi connectivity index (χ1) is 29.8. The van der Waals surface area contributed by atoms with E-state index in [0.717, 1.165) is 81.9 Å². The van der Waals surface area contributed by atoms with Gasteiger partial charge in [0.25, 0.3) is 0 Å². The lowest BCUT2D eigenvalue weighted by Crippen LogP contribution is -2.04. The normalized spacial score (nSPS) is 12.3. The van der Waals surface area contributed by atoms with Gasteiger partial charge in [0, 0.05) is 53.7 Å². The summed E-state index contributed by atoms with van der Waals surface area (Å²) < 4.78 is 13.5. The predicted octanol–water partition coefficient (Wildman–Crippen LogP) is 14.9. The van der Waals surface area contributed by atoms with Crippen LogP contribution < -0.4 is 0 Å². The highest BCUT2D eigenvalue weighted by Gasteiger charge is 2.26. The second-order valence-corrected chi connectivity index (χ2v) is 16.7. The Morgan fingerprint density at radius 2 is 1.02 bits per heavy atom. The van der Waals surface area contributed by atoms with Crippen molar-refractivity contribution in [1.82, 2.24) is 19.1 Å². The number of fused-ring (bicyclic) bond motifs is 17. The van der Waals surface area contributed by atoms with Crippen LogP contribution >= 0.6 is 11.3 Å².